The highest BCUT2D eigenvalue weighted by Crippen LogP contribution is 2.08. The molecule has 3 nitrogen and oxygen atoms in total. The van der Waals surface area contributed by atoms with E-state index < -0.39 is 0 Å². The Labute approximate surface area is 115 Å². The Morgan fingerprint density at radius 1 is 1.32 bits per heavy atom. The molecule has 1 aromatic carbocycles. The van der Waals surface area contributed by atoms with E-state index >= 15 is 0 Å². The predicted octanol–water partition coefficient (Wildman–Crippen LogP) is 1.92. The molecular weight excluding hydrogens is 243 g/mol. The summed E-state index contributed by atoms with van der Waals surface area (Å²) in [7, 11) is 3.78. The molecule has 0 amide bonds. The average molecular weight is 268 g/mol. The summed E-state index contributed by atoms with van der Waals surface area (Å²) in [5.74, 6) is -0.117. The molecule has 0 spiro atoms. The second-order valence-corrected chi connectivity index (χ2v) is 4.95. The maximum absolute atomic E-state index is 13.5. The first-order valence-electron chi connectivity index (χ1n) is 6.77. The van der Waals surface area contributed by atoms with Crippen molar-refractivity contribution in [2.45, 2.75) is 19.4 Å². The molecule has 0 aliphatic rings. The molecule has 1 rings (SSSR count). The molecule has 0 aliphatic carbocycles. The third-order valence-corrected chi connectivity index (χ3v) is 3.15. The summed E-state index contributed by atoms with van der Waals surface area (Å²) >= 11 is 0. The van der Waals surface area contributed by atoms with Gasteiger partial charge in [0.2, 0.25) is 0 Å². The van der Waals surface area contributed by atoms with Gasteiger partial charge >= 0.3 is 0 Å². The molecule has 0 fully saturated rings. The molecular formula is C15H25FN2O. The lowest BCUT2D eigenvalue weighted by Gasteiger charge is -2.19. The van der Waals surface area contributed by atoms with Gasteiger partial charge in [0.05, 0.1) is 6.61 Å². The first-order valence-corrected chi connectivity index (χ1v) is 6.77. The van der Waals surface area contributed by atoms with Crippen LogP contribution in [0.15, 0.2) is 24.3 Å². The van der Waals surface area contributed by atoms with Crippen molar-refractivity contribution in [3.8, 4) is 0 Å². The van der Waals surface area contributed by atoms with E-state index in [9.17, 15) is 4.39 Å². The van der Waals surface area contributed by atoms with Crippen LogP contribution < -0.4 is 5.32 Å². The molecule has 1 N–H and O–H groups in total. The molecule has 0 saturated heterocycles. The van der Waals surface area contributed by atoms with Crippen molar-refractivity contribution in [3.63, 3.8) is 0 Å². The minimum atomic E-state index is -0.117. The fourth-order valence-electron chi connectivity index (χ4n) is 1.93. The van der Waals surface area contributed by atoms with Crippen molar-refractivity contribution < 1.29 is 9.13 Å². The van der Waals surface area contributed by atoms with Crippen molar-refractivity contribution in [1.29, 1.82) is 0 Å². The molecule has 0 aromatic heterocycles. The largest absolute Gasteiger partial charge is 0.383 e. The van der Waals surface area contributed by atoms with Gasteiger partial charge in [-0.15, -0.1) is 0 Å². The first kappa shape index (κ1) is 16.1. The lowest BCUT2D eigenvalue weighted by Crippen LogP contribution is -2.36. The van der Waals surface area contributed by atoms with Crippen LogP contribution in [0.4, 0.5) is 4.39 Å². The molecule has 1 aromatic rings. The zero-order valence-electron chi connectivity index (χ0n) is 12.2. The second-order valence-electron chi connectivity index (χ2n) is 4.95. The lowest BCUT2D eigenvalue weighted by atomic mass is 10.1. The van der Waals surface area contributed by atoms with Crippen LogP contribution >= 0.6 is 0 Å². The Bertz CT molecular complexity index is 360. The third-order valence-electron chi connectivity index (χ3n) is 3.15. The number of nitrogens with zero attached hydrogens (tertiary/aromatic N) is 1. The summed E-state index contributed by atoms with van der Waals surface area (Å²) in [6.45, 7) is 5.63. The average Bonchev–Trinajstić information content (AvgIpc) is 2.39. The summed E-state index contributed by atoms with van der Waals surface area (Å²) < 4.78 is 18.5. The van der Waals surface area contributed by atoms with E-state index in [0.29, 0.717) is 6.42 Å². The lowest BCUT2D eigenvalue weighted by molar-refractivity contribution is 0.161. The van der Waals surface area contributed by atoms with Crippen molar-refractivity contribution in [2.75, 3.05) is 40.4 Å². The molecule has 0 heterocycles. The predicted molar refractivity (Wildman–Crippen MR) is 76.9 cm³/mol. The van der Waals surface area contributed by atoms with E-state index in [4.69, 9.17) is 4.74 Å². The van der Waals surface area contributed by atoms with Crippen LogP contribution in [0, 0.1) is 5.82 Å². The van der Waals surface area contributed by atoms with Crippen molar-refractivity contribution >= 4 is 0 Å². The number of hydrogen-bond donors (Lipinski definition) is 1. The van der Waals surface area contributed by atoms with Gasteiger partial charge in [-0.3, -0.25) is 0 Å². The highest BCUT2D eigenvalue weighted by molar-refractivity contribution is 5.18. The number of halogens is 1. The topological polar surface area (TPSA) is 24.5 Å². The zero-order chi connectivity index (χ0) is 14.1. The third kappa shape index (κ3) is 6.66. The fourth-order valence-corrected chi connectivity index (χ4v) is 1.93. The summed E-state index contributed by atoms with van der Waals surface area (Å²) in [6, 6.07) is 7.23. The number of methoxy groups -OCH3 is 1. The van der Waals surface area contributed by atoms with Gasteiger partial charge in [0.15, 0.2) is 0 Å². The number of ether oxygens (including phenoxy) is 1. The van der Waals surface area contributed by atoms with Gasteiger partial charge in [0, 0.05) is 32.8 Å². The molecule has 1 atom stereocenters. The van der Waals surface area contributed by atoms with Crippen LogP contribution in [0.2, 0.25) is 0 Å². The number of benzene rings is 1. The fraction of sp³-hybridized carbons (Fsp3) is 0.600. The Kier molecular flexibility index (Phi) is 7.63. The summed E-state index contributed by atoms with van der Waals surface area (Å²) in [5, 5.41) is 3.42. The van der Waals surface area contributed by atoms with Gasteiger partial charge in [-0.1, -0.05) is 18.2 Å². The molecule has 0 bridgehead atoms. The van der Waals surface area contributed by atoms with E-state index in [1.54, 1.807) is 13.2 Å². The maximum atomic E-state index is 13.5. The Balaban J connectivity index is 2.21. The Hall–Kier alpha value is -0.970. The molecule has 108 valence electrons. The molecule has 19 heavy (non-hydrogen) atoms. The number of hydrogen-bond acceptors (Lipinski definition) is 3. The SMILES string of the molecule is COCCN(C)CCNC(C)Cc1ccccc1F. The van der Waals surface area contributed by atoms with Gasteiger partial charge in [-0.2, -0.15) is 0 Å². The van der Waals surface area contributed by atoms with Crippen LogP contribution in [0.25, 0.3) is 0 Å². The monoisotopic (exact) mass is 268 g/mol. The van der Waals surface area contributed by atoms with Gasteiger partial charge in [0.1, 0.15) is 5.82 Å². The summed E-state index contributed by atoms with van der Waals surface area (Å²) in [5.41, 5.74) is 0.773. The van der Waals surface area contributed by atoms with E-state index in [1.807, 2.05) is 12.1 Å². The highest BCUT2D eigenvalue weighted by atomic mass is 19.1. The van der Waals surface area contributed by atoms with Gasteiger partial charge in [-0.05, 0) is 32.0 Å². The maximum Gasteiger partial charge on any atom is 0.126 e. The Morgan fingerprint density at radius 2 is 2.05 bits per heavy atom. The summed E-state index contributed by atoms with van der Waals surface area (Å²) in [4.78, 5) is 2.21. The van der Waals surface area contributed by atoms with Crippen molar-refractivity contribution in [2.24, 2.45) is 0 Å². The van der Waals surface area contributed by atoms with Gasteiger partial charge in [-0.25, -0.2) is 4.39 Å². The van der Waals surface area contributed by atoms with Crippen LogP contribution in [0.3, 0.4) is 0 Å². The first-order chi connectivity index (χ1) is 9.13. The van der Waals surface area contributed by atoms with E-state index in [2.05, 4.69) is 24.2 Å². The minimum absolute atomic E-state index is 0.117. The van der Waals surface area contributed by atoms with Gasteiger partial charge in [0.25, 0.3) is 0 Å². The molecule has 1 unspecified atom stereocenters. The van der Waals surface area contributed by atoms with E-state index in [0.717, 1.165) is 31.8 Å². The Morgan fingerprint density at radius 3 is 2.74 bits per heavy atom. The number of nitrogens with one attached hydrogen (secondary N) is 1. The van der Waals surface area contributed by atoms with E-state index in [1.165, 1.54) is 6.07 Å². The summed E-state index contributed by atoms with van der Waals surface area (Å²) in [6.07, 6.45) is 0.717. The smallest absolute Gasteiger partial charge is 0.126 e. The van der Waals surface area contributed by atoms with Crippen LogP contribution in [-0.2, 0) is 11.2 Å². The van der Waals surface area contributed by atoms with Crippen LogP contribution in [0.1, 0.15) is 12.5 Å². The molecule has 0 saturated carbocycles. The van der Waals surface area contributed by atoms with Crippen LogP contribution in [-0.4, -0.2) is 51.3 Å². The van der Waals surface area contributed by atoms with Crippen molar-refractivity contribution in [1.82, 2.24) is 10.2 Å². The van der Waals surface area contributed by atoms with Crippen LogP contribution in [0.5, 0.6) is 0 Å². The van der Waals surface area contributed by atoms with Crippen molar-refractivity contribution in [3.05, 3.63) is 35.6 Å². The molecule has 0 radical (unpaired) electrons. The highest BCUT2D eigenvalue weighted by Gasteiger charge is 2.07. The molecule has 0 aliphatic heterocycles. The number of rotatable bonds is 9. The zero-order valence-corrected chi connectivity index (χ0v) is 12.2. The minimum Gasteiger partial charge on any atom is -0.383 e. The van der Waals surface area contributed by atoms with Gasteiger partial charge < -0.3 is 15.0 Å². The normalized spacial score (nSPS) is 12.9. The standard InChI is InChI=1S/C15H25FN2O/c1-13(12-14-6-4-5-7-15(14)16)17-8-9-18(2)10-11-19-3/h4-7,13,17H,8-12H2,1-3H3. The second kappa shape index (κ2) is 9.02. The molecule has 4 heteroatoms. The number of likely N-dealkylation sites (N-methyl/N-ethyl adjacent to an activating group) is 1. The van der Waals surface area contributed by atoms with E-state index in [-0.39, 0.29) is 11.9 Å². The quantitative estimate of drug-likeness (QED) is 0.740.